The van der Waals surface area contributed by atoms with Gasteiger partial charge in [0.1, 0.15) is 5.72 Å². The molecule has 0 aliphatic carbocycles. The standard InChI is InChI=1S/C3H5BN2O2/c7-4(8)3-5-1-2-6-3/h1-2,7-8H,(H,5,6). The van der Waals surface area contributed by atoms with Crippen LogP contribution in [0.5, 0.6) is 0 Å². The van der Waals surface area contributed by atoms with Gasteiger partial charge in [-0.1, -0.05) is 0 Å². The molecule has 0 fully saturated rings. The first kappa shape index (κ1) is 5.33. The number of hydrogen-bond acceptors (Lipinski definition) is 3. The molecule has 0 aromatic carbocycles. The van der Waals surface area contributed by atoms with Crippen LogP contribution in [0, 0.1) is 0 Å². The maximum atomic E-state index is 8.37. The Morgan fingerprint density at radius 1 is 1.62 bits per heavy atom. The fourth-order valence-corrected chi connectivity index (χ4v) is 0.419. The molecule has 1 rings (SSSR count). The highest BCUT2D eigenvalue weighted by Gasteiger charge is 2.11. The van der Waals surface area contributed by atoms with E-state index in [1.807, 2.05) is 0 Å². The molecule has 0 unspecified atom stereocenters. The Labute approximate surface area is 46.3 Å². The molecule has 1 aromatic rings. The van der Waals surface area contributed by atoms with Crippen molar-refractivity contribution in [1.29, 1.82) is 0 Å². The van der Waals surface area contributed by atoms with Gasteiger partial charge in [-0.05, 0) is 0 Å². The maximum absolute atomic E-state index is 8.37. The highest BCUT2D eigenvalue weighted by molar-refractivity contribution is 6.56. The summed E-state index contributed by atoms with van der Waals surface area (Å²) in [5.74, 6) is 0. The number of aromatic nitrogens is 2. The van der Waals surface area contributed by atoms with Crippen molar-refractivity contribution in [2.24, 2.45) is 0 Å². The molecule has 0 aliphatic rings. The topological polar surface area (TPSA) is 69.1 Å². The quantitative estimate of drug-likeness (QED) is 0.371. The number of hydrogen-bond donors (Lipinski definition) is 3. The summed E-state index contributed by atoms with van der Waals surface area (Å²) in [6.45, 7) is 0. The van der Waals surface area contributed by atoms with Gasteiger partial charge in [0, 0.05) is 12.4 Å². The lowest BCUT2D eigenvalue weighted by Crippen LogP contribution is -2.32. The van der Waals surface area contributed by atoms with Crippen molar-refractivity contribution in [1.82, 2.24) is 9.97 Å². The van der Waals surface area contributed by atoms with E-state index in [1.165, 1.54) is 12.4 Å². The lowest BCUT2D eigenvalue weighted by Gasteiger charge is -1.87. The van der Waals surface area contributed by atoms with Crippen molar-refractivity contribution in [3.63, 3.8) is 0 Å². The maximum Gasteiger partial charge on any atom is 0.526 e. The second-order valence-corrected chi connectivity index (χ2v) is 1.35. The van der Waals surface area contributed by atoms with Gasteiger partial charge in [0.25, 0.3) is 0 Å². The van der Waals surface area contributed by atoms with Gasteiger partial charge in [0.15, 0.2) is 0 Å². The van der Waals surface area contributed by atoms with Crippen LogP contribution in [0.3, 0.4) is 0 Å². The summed E-state index contributed by atoms with van der Waals surface area (Å²) in [5.41, 5.74) is 0.171. The van der Waals surface area contributed by atoms with Crippen molar-refractivity contribution in [2.45, 2.75) is 0 Å². The largest absolute Gasteiger partial charge is 0.526 e. The normalized spacial score (nSPS) is 9.25. The molecular formula is C3H5BN2O2. The molecule has 0 aliphatic heterocycles. The van der Waals surface area contributed by atoms with Gasteiger partial charge in [0.2, 0.25) is 0 Å². The monoisotopic (exact) mass is 112 g/mol. The number of nitrogens with zero attached hydrogens (tertiary/aromatic N) is 1. The smallest absolute Gasteiger partial charge is 0.421 e. The highest BCUT2D eigenvalue weighted by Crippen LogP contribution is 1.68. The molecule has 0 atom stereocenters. The van der Waals surface area contributed by atoms with Crippen molar-refractivity contribution >= 4 is 12.8 Å². The van der Waals surface area contributed by atoms with Crippen LogP contribution in [0.4, 0.5) is 0 Å². The first-order valence-electron chi connectivity index (χ1n) is 2.16. The van der Waals surface area contributed by atoms with Gasteiger partial charge < -0.3 is 15.0 Å². The van der Waals surface area contributed by atoms with E-state index in [0.29, 0.717) is 0 Å². The van der Waals surface area contributed by atoms with Crippen LogP contribution in [0.25, 0.3) is 0 Å². The van der Waals surface area contributed by atoms with E-state index in [9.17, 15) is 0 Å². The Balaban J connectivity index is 2.77. The van der Waals surface area contributed by atoms with Crippen LogP contribution in [-0.4, -0.2) is 27.1 Å². The minimum Gasteiger partial charge on any atom is -0.421 e. The molecular weight excluding hydrogens is 107 g/mol. The summed E-state index contributed by atoms with van der Waals surface area (Å²) in [4.78, 5) is 6.09. The van der Waals surface area contributed by atoms with Crippen LogP contribution in [0.15, 0.2) is 12.4 Å². The van der Waals surface area contributed by atoms with Crippen molar-refractivity contribution in [2.75, 3.05) is 0 Å². The summed E-state index contributed by atoms with van der Waals surface area (Å²) in [6, 6.07) is 0. The Hall–Kier alpha value is -0.805. The summed E-state index contributed by atoms with van der Waals surface area (Å²) in [5, 5.41) is 16.7. The van der Waals surface area contributed by atoms with Crippen molar-refractivity contribution < 1.29 is 10.0 Å². The summed E-state index contributed by atoms with van der Waals surface area (Å²) in [7, 11) is -1.48. The van der Waals surface area contributed by atoms with Crippen LogP contribution in [0.2, 0.25) is 0 Å². The fourth-order valence-electron chi connectivity index (χ4n) is 0.419. The Kier molecular flexibility index (Phi) is 1.32. The number of H-pyrrole nitrogens is 1. The zero-order chi connectivity index (χ0) is 5.98. The lowest BCUT2D eigenvalue weighted by molar-refractivity contribution is 0.423. The third-order valence-corrected chi connectivity index (χ3v) is 0.764. The Morgan fingerprint density at radius 3 is 2.62 bits per heavy atom. The van der Waals surface area contributed by atoms with Gasteiger partial charge in [-0.15, -0.1) is 0 Å². The molecule has 0 bridgehead atoms. The number of imidazole rings is 1. The average Bonchev–Trinajstić information content (AvgIpc) is 2.12. The van der Waals surface area contributed by atoms with Crippen LogP contribution >= 0.6 is 0 Å². The number of nitrogens with one attached hydrogen (secondary N) is 1. The summed E-state index contributed by atoms with van der Waals surface area (Å²) in [6.07, 6.45) is 2.98. The van der Waals surface area contributed by atoms with Crippen molar-refractivity contribution in [3.8, 4) is 0 Å². The van der Waals surface area contributed by atoms with E-state index in [2.05, 4.69) is 9.97 Å². The van der Waals surface area contributed by atoms with E-state index in [1.54, 1.807) is 0 Å². The van der Waals surface area contributed by atoms with E-state index in [0.717, 1.165) is 0 Å². The highest BCUT2D eigenvalue weighted by atomic mass is 16.4. The molecule has 42 valence electrons. The van der Waals surface area contributed by atoms with Crippen LogP contribution < -0.4 is 5.72 Å². The van der Waals surface area contributed by atoms with E-state index in [-0.39, 0.29) is 5.72 Å². The van der Waals surface area contributed by atoms with Gasteiger partial charge in [0.05, 0.1) is 0 Å². The molecule has 0 amide bonds. The van der Waals surface area contributed by atoms with Crippen LogP contribution in [-0.2, 0) is 0 Å². The number of rotatable bonds is 1. The van der Waals surface area contributed by atoms with Gasteiger partial charge in [-0.25, -0.2) is 4.98 Å². The molecule has 5 heteroatoms. The molecule has 0 saturated carbocycles. The first-order chi connectivity index (χ1) is 3.80. The average molecular weight is 112 g/mol. The second kappa shape index (κ2) is 1.98. The predicted octanol–water partition coefficient (Wildman–Crippen LogP) is -1.91. The zero-order valence-corrected chi connectivity index (χ0v) is 4.07. The van der Waals surface area contributed by atoms with E-state index < -0.39 is 7.12 Å². The summed E-state index contributed by atoms with van der Waals surface area (Å²) < 4.78 is 0. The zero-order valence-electron chi connectivity index (χ0n) is 4.07. The van der Waals surface area contributed by atoms with Gasteiger partial charge in [-0.3, -0.25) is 0 Å². The van der Waals surface area contributed by atoms with Crippen LogP contribution in [0.1, 0.15) is 0 Å². The molecule has 0 radical (unpaired) electrons. The second-order valence-electron chi connectivity index (χ2n) is 1.35. The minimum atomic E-state index is -1.48. The third-order valence-electron chi connectivity index (χ3n) is 0.764. The third kappa shape index (κ3) is 0.880. The molecule has 3 N–H and O–H groups in total. The molecule has 0 spiro atoms. The summed E-state index contributed by atoms with van der Waals surface area (Å²) >= 11 is 0. The molecule has 0 saturated heterocycles. The molecule has 4 nitrogen and oxygen atoms in total. The van der Waals surface area contributed by atoms with E-state index in [4.69, 9.17) is 10.0 Å². The van der Waals surface area contributed by atoms with Gasteiger partial charge >= 0.3 is 7.12 Å². The molecule has 1 aromatic heterocycles. The lowest BCUT2D eigenvalue weighted by atomic mass is 9.91. The van der Waals surface area contributed by atoms with E-state index >= 15 is 0 Å². The Morgan fingerprint density at radius 2 is 2.38 bits per heavy atom. The SMILES string of the molecule is OB(O)c1ncc[nH]1. The minimum absolute atomic E-state index is 0.171. The van der Waals surface area contributed by atoms with Crippen molar-refractivity contribution in [3.05, 3.63) is 12.4 Å². The van der Waals surface area contributed by atoms with Gasteiger partial charge in [-0.2, -0.15) is 0 Å². The molecule has 8 heavy (non-hydrogen) atoms. The first-order valence-corrected chi connectivity index (χ1v) is 2.16. The predicted molar refractivity (Wildman–Crippen MR) is 28.4 cm³/mol. The molecule has 1 heterocycles. The number of aromatic amines is 1. The Bertz CT molecular complexity index is 150. The fraction of sp³-hybridized carbons (Fsp3) is 0.